The number of hydrogen-bond acceptors (Lipinski definition) is 3. The van der Waals surface area contributed by atoms with E-state index in [0.717, 1.165) is 6.20 Å². The number of rotatable bonds is 2. The Balaban J connectivity index is 2.41. The van der Waals surface area contributed by atoms with Gasteiger partial charge in [-0.1, -0.05) is 0 Å². The number of halogens is 1. The molecular weight excluding hydrogens is 197 g/mol. The smallest absolute Gasteiger partial charge is 0.147 e. The van der Waals surface area contributed by atoms with E-state index < -0.39 is 11.9 Å². The average Bonchev–Trinajstić information content (AvgIpc) is 2.64. The third kappa shape index (κ3) is 1.76. The Hall–Kier alpha value is -1.68. The van der Waals surface area contributed by atoms with Crippen LogP contribution in [-0.2, 0) is 0 Å². The van der Waals surface area contributed by atoms with Gasteiger partial charge >= 0.3 is 0 Å². The molecule has 0 saturated carbocycles. The number of pyridine rings is 1. The number of aliphatic hydroxyl groups excluding tert-OH is 1. The van der Waals surface area contributed by atoms with E-state index in [0.29, 0.717) is 11.3 Å². The number of hydrogen-bond donors (Lipinski definition) is 1. The van der Waals surface area contributed by atoms with Gasteiger partial charge in [-0.3, -0.25) is 4.98 Å². The van der Waals surface area contributed by atoms with Gasteiger partial charge in [-0.05, 0) is 19.1 Å². The average molecular weight is 207 g/mol. The lowest BCUT2D eigenvalue weighted by Crippen LogP contribution is -2.03. The molecule has 2 aromatic heterocycles. The largest absolute Gasteiger partial charge is 0.469 e. The topological polar surface area (TPSA) is 46.3 Å². The normalized spacial score (nSPS) is 12.7. The minimum absolute atomic E-state index is 0.203. The fourth-order valence-corrected chi connectivity index (χ4v) is 1.45. The van der Waals surface area contributed by atoms with Gasteiger partial charge in [0.1, 0.15) is 17.7 Å². The number of furan rings is 1. The first kappa shape index (κ1) is 9.86. The van der Waals surface area contributed by atoms with E-state index in [4.69, 9.17) is 4.42 Å². The third-order valence-electron chi connectivity index (χ3n) is 2.29. The van der Waals surface area contributed by atoms with Gasteiger partial charge in [0, 0.05) is 17.3 Å². The molecule has 2 heterocycles. The fourth-order valence-electron chi connectivity index (χ4n) is 1.45. The van der Waals surface area contributed by atoms with Crippen LogP contribution in [0.2, 0.25) is 0 Å². The maximum absolute atomic E-state index is 13.3. The summed E-state index contributed by atoms with van der Waals surface area (Å²) in [5.41, 5.74) is 0.773. The van der Waals surface area contributed by atoms with Crippen molar-refractivity contribution < 1.29 is 13.9 Å². The molecule has 0 aliphatic rings. The van der Waals surface area contributed by atoms with Crippen LogP contribution < -0.4 is 0 Å². The quantitative estimate of drug-likeness (QED) is 0.821. The molecule has 0 radical (unpaired) electrons. The first-order chi connectivity index (χ1) is 7.20. The van der Waals surface area contributed by atoms with Gasteiger partial charge < -0.3 is 9.52 Å². The van der Waals surface area contributed by atoms with Crippen molar-refractivity contribution in [3.63, 3.8) is 0 Å². The first-order valence-electron chi connectivity index (χ1n) is 4.51. The molecule has 0 spiro atoms. The Kier molecular flexibility index (Phi) is 2.51. The van der Waals surface area contributed by atoms with Crippen molar-refractivity contribution in [1.29, 1.82) is 0 Å². The van der Waals surface area contributed by atoms with Crippen molar-refractivity contribution in [2.45, 2.75) is 13.0 Å². The summed E-state index contributed by atoms with van der Waals surface area (Å²) >= 11 is 0. The molecule has 1 atom stereocenters. The van der Waals surface area contributed by atoms with Crippen LogP contribution in [0.25, 0.3) is 0 Å². The van der Waals surface area contributed by atoms with E-state index >= 15 is 0 Å². The summed E-state index contributed by atoms with van der Waals surface area (Å²) in [5.74, 6) is 0.0595. The predicted octanol–water partition coefficient (Wildman–Crippen LogP) is 2.20. The monoisotopic (exact) mass is 207 g/mol. The van der Waals surface area contributed by atoms with Gasteiger partial charge in [-0.15, -0.1) is 0 Å². The molecule has 0 aliphatic carbocycles. The lowest BCUT2D eigenvalue weighted by Gasteiger charge is -2.10. The van der Waals surface area contributed by atoms with Crippen molar-refractivity contribution in [1.82, 2.24) is 4.98 Å². The van der Waals surface area contributed by atoms with Gasteiger partial charge in [0.05, 0.1) is 12.5 Å². The van der Waals surface area contributed by atoms with Crippen LogP contribution >= 0.6 is 0 Å². The van der Waals surface area contributed by atoms with Crippen LogP contribution in [0.5, 0.6) is 0 Å². The van der Waals surface area contributed by atoms with Gasteiger partial charge in [0.15, 0.2) is 0 Å². The summed E-state index contributed by atoms with van der Waals surface area (Å²) in [6.07, 6.45) is 2.98. The SMILES string of the molecule is Cc1occc1C(O)c1ccncc1F. The van der Waals surface area contributed by atoms with Gasteiger partial charge in [-0.25, -0.2) is 4.39 Å². The fraction of sp³-hybridized carbons (Fsp3) is 0.182. The van der Waals surface area contributed by atoms with Crippen LogP contribution in [0.3, 0.4) is 0 Å². The second-order valence-electron chi connectivity index (χ2n) is 3.23. The van der Waals surface area contributed by atoms with Crippen LogP contribution in [0.1, 0.15) is 23.0 Å². The molecule has 2 aromatic rings. The zero-order valence-corrected chi connectivity index (χ0v) is 8.14. The number of aliphatic hydroxyl groups is 1. The standard InChI is InChI=1S/C11H10FNO2/c1-7-8(3-5-15-7)11(14)9-2-4-13-6-10(9)12/h2-6,11,14H,1H3. The molecule has 0 aromatic carbocycles. The third-order valence-corrected chi connectivity index (χ3v) is 2.29. The minimum Gasteiger partial charge on any atom is -0.469 e. The van der Waals surface area contributed by atoms with E-state index in [1.807, 2.05) is 0 Å². The van der Waals surface area contributed by atoms with Gasteiger partial charge in [0.25, 0.3) is 0 Å². The summed E-state index contributed by atoms with van der Waals surface area (Å²) < 4.78 is 18.4. The summed E-state index contributed by atoms with van der Waals surface area (Å²) in [4.78, 5) is 3.62. The Morgan fingerprint density at radius 3 is 2.80 bits per heavy atom. The lowest BCUT2D eigenvalue weighted by atomic mass is 10.0. The molecule has 0 saturated heterocycles. The molecule has 15 heavy (non-hydrogen) atoms. The van der Waals surface area contributed by atoms with Crippen molar-refractivity contribution in [3.8, 4) is 0 Å². The van der Waals surface area contributed by atoms with E-state index in [1.54, 1.807) is 13.0 Å². The Morgan fingerprint density at radius 1 is 1.40 bits per heavy atom. The highest BCUT2D eigenvalue weighted by Crippen LogP contribution is 2.26. The Labute approximate surface area is 86.2 Å². The number of nitrogens with zero attached hydrogens (tertiary/aromatic N) is 1. The highest BCUT2D eigenvalue weighted by molar-refractivity contribution is 5.30. The molecule has 0 fully saturated rings. The van der Waals surface area contributed by atoms with Crippen molar-refractivity contribution >= 4 is 0 Å². The van der Waals surface area contributed by atoms with Gasteiger partial charge in [-0.2, -0.15) is 0 Å². The highest BCUT2D eigenvalue weighted by Gasteiger charge is 2.18. The van der Waals surface area contributed by atoms with Crippen molar-refractivity contribution in [2.24, 2.45) is 0 Å². The molecule has 78 valence electrons. The number of aryl methyl sites for hydroxylation is 1. The van der Waals surface area contributed by atoms with Crippen LogP contribution in [0.4, 0.5) is 4.39 Å². The molecule has 4 heteroatoms. The van der Waals surface area contributed by atoms with Crippen LogP contribution in [0, 0.1) is 12.7 Å². The maximum Gasteiger partial charge on any atom is 0.147 e. The predicted molar refractivity (Wildman–Crippen MR) is 51.7 cm³/mol. The first-order valence-corrected chi connectivity index (χ1v) is 4.51. The van der Waals surface area contributed by atoms with Crippen LogP contribution in [-0.4, -0.2) is 10.1 Å². The molecule has 2 rings (SSSR count). The molecule has 1 N–H and O–H groups in total. The summed E-state index contributed by atoms with van der Waals surface area (Å²) in [6, 6.07) is 3.08. The molecular formula is C11H10FNO2. The van der Waals surface area contributed by atoms with E-state index in [-0.39, 0.29) is 5.56 Å². The lowest BCUT2D eigenvalue weighted by molar-refractivity contribution is 0.212. The van der Waals surface area contributed by atoms with Crippen LogP contribution in [0.15, 0.2) is 35.2 Å². The maximum atomic E-state index is 13.3. The zero-order valence-electron chi connectivity index (χ0n) is 8.14. The Bertz CT molecular complexity index is 467. The van der Waals surface area contributed by atoms with Gasteiger partial charge in [0.2, 0.25) is 0 Å². The van der Waals surface area contributed by atoms with Crippen molar-refractivity contribution in [3.05, 3.63) is 53.5 Å². The van der Waals surface area contributed by atoms with E-state index in [9.17, 15) is 9.50 Å². The molecule has 1 unspecified atom stereocenters. The summed E-state index contributed by atoms with van der Waals surface area (Å²) in [7, 11) is 0. The molecule has 0 amide bonds. The molecule has 3 nitrogen and oxygen atoms in total. The van der Waals surface area contributed by atoms with E-state index in [2.05, 4.69) is 4.98 Å². The molecule has 0 aliphatic heterocycles. The summed E-state index contributed by atoms with van der Waals surface area (Å²) in [6.45, 7) is 1.72. The van der Waals surface area contributed by atoms with Crippen molar-refractivity contribution in [2.75, 3.05) is 0 Å². The summed E-state index contributed by atoms with van der Waals surface area (Å²) in [5, 5.41) is 9.91. The minimum atomic E-state index is -1.01. The second-order valence-corrected chi connectivity index (χ2v) is 3.23. The molecule has 0 bridgehead atoms. The highest BCUT2D eigenvalue weighted by atomic mass is 19.1. The zero-order chi connectivity index (χ0) is 10.8. The second kappa shape index (κ2) is 3.82. The number of aromatic nitrogens is 1. The Morgan fingerprint density at radius 2 is 2.20 bits per heavy atom. The van der Waals surface area contributed by atoms with E-state index in [1.165, 1.54) is 18.5 Å².